The van der Waals surface area contributed by atoms with Crippen molar-refractivity contribution in [3.05, 3.63) is 0 Å². The lowest BCUT2D eigenvalue weighted by Crippen LogP contribution is -2.50. The molecule has 0 atom stereocenters. The highest BCUT2D eigenvalue weighted by molar-refractivity contribution is 5.78. The van der Waals surface area contributed by atoms with Crippen molar-refractivity contribution in [1.29, 1.82) is 0 Å². The van der Waals surface area contributed by atoms with E-state index in [-0.39, 0.29) is 0 Å². The van der Waals surface area contributed by atoms with Crippen molar-refractivity contribution in [3.8, 4) is 0 Å². The van der Waals surface area contributed by atoms with E-state index in [2.05, 4.69) is 34.1 Å². The summed E-state index contributed by atoms with van der Waals surface area (Å²) in [5.41, 5.74) is 0. The van der Waals surface area contributed by atoms with E-state index in [0.29, 0.717) is 12.5 Å². The predicted octanol–water partition coefficient (Wildman–Crippen LogP) is -0.308. The molecular formula is C14H28N4O. The number of hydrogen-bond acceptors (Lipinski definition) is 4. The normalized spacial score (nSPS) is 23.0. The fourth-order valence-electron chi connectivity index (χ4n) is 3.04. The average Bonchev–Trinajstić information content (AvgIpc) is 2.40. The number of carbonyl (C=O) groups is 1. The van der Waals surface area contributed by atoms with Gasteiger partial charge in [0.1, 0.15) is 0 Å². The molecule has 2 heterocycles. The van der Waals surface area contributed by atoms with Crippen LogP contribution in [0.15, 0.2) is 0 Å². The summed E-state index contributed by atoms with van der Waals surface area (Å²) in [5, 5.41) is 3.32. The molecule has 0 aromatic heterocycles. The molecule has 5 heteroatoms. The number of rotatable bonds is 4. The molecule has 0 saturated carbocycles. The second-order valence-electron chi connectivity index (χ2n) is 6.11. The van der Waals surface area contributed by atoms with Crippen LogP contribution in [-0.2, 0) is 4.79 Å². The Labute approximate surface area is 116 Å². The van der Waals surface area contributed by atoms with Crippen molar-refractivity contribution >= 4 is 5.91 Å². The van der Waals surface area contributed by atoms with E-state index in [1.54, 1.807) is 0 Å². The zero-order chi connectivity index (χ0) is 13.7. The molecule has 0 aromatic carbocycles. The lowest BCUT2D eigenvalue weighted by atomic mass is 9.96. The minimum atomic E-state index is 0.324. The van der Waals surface area contributed by atoms with E-state index in [1.165, 1.54) is 0 Å². The monoisotopic (exact) mass is 268 g/mol. The molecule has 2 aliphatic rings. The molecule has 0 aliphatic carbocycles. The first-order chi connectivity index (χ1) is 9.15. The van der Waals surface area contributed by atoms with Gasteiger partial charge in [-0.15, -0.1) is 0 Å². The van der Waals surface area contributed by atoms with Gasteiger partial charge in [-0.1, -0.05) is 0 Å². The summed E-state index contributed by atoms with van der Waals surface area (Å²) in [4.78, 5) is 18.8. The molecule has 2 aliphatic heterocycles. The Hall–Kier alpha value is -0.650. The Balaban J connectivity index is 1.69. The Morgan fingerprint density at radius 1 is 1.16 bits per heavy atom. The van der Waals surface area contributed by atoms with E-state index in [0.717, 1.165) is 64.6 Å². The topological polar surface area (TPSA) is 38.8 Å². The predicted molar refractivity (Wildman–Crippen MR) is 77.2 cm³/mol. The van der Waals surface area contributed by atoms with Gasteiger partial charge in [0.25, 0.3) is 0 Å². The number of likely N-dealkylation sites (tertiary alicyclic amines) is 1. The van der Waals surface area contributed by atoms with Gasteiger partial charge < -0.3 is 15.1 Å². The molecule has 2 rings (SSSR count). The van der Waals surface area contributed by atoms with Crippen molar-refractivity contribution in [2.45, 2.75) is 12.8 Å². The van der Waals surface area contributed by atoms with Gasteiger partial charge in [0.05, 0.1) is 6.54 Å². The lowest BCUT2D eigenvalue weighted by molar-refractivity contribution is -0.134. The molecule has 110 valence electrons. The molecule has 0 bridgehead atoms. The van der Waals surface area contributed by atoms with Crippen LogP contribution in [0.1, 0.15) is 12.8 Å². The van der Waals surface area contributed by atoms with E-state index < -0.39 is 0 Å². The van der Waals surface area contributed by atoms with Crippen molar-refractivity contribution in [2.24, 2.45) is 5.92 Å². The van der Waals surface area contributed by atoms with Crippen molar-refractivity contribution in [2.75, 3.05) is 66.5 Å². The van der Waals surface area contributed by atoms with E-state index in [4.69, 9.17) is 0 Å². The lowest BCUT2D eigenvalue weighted by Gasteiger charge is -2.35. The fourth-order valence-corrected chi connectivity index (χ4v) is 3.04. The second-order valence-corrected chi connectivity index (χ2v) is 6.11. The summed E-state index contributed by atoms with van der Waals surface area (Å²) in [5.74, 6) is 1.09. The van der Waals surface area contributed by atoms with Crippen molar-refractivity contribution < 1.29 is 4.79 Å². The third kappa shape index (κ3) is 4.75. The van der Waals surface area contributed by atoms with E-state index in [9.17, 15) is 4.79 Å². The highest BCUT2D eigenvalue weighted by Crippen LogP contribution is 2.17. The summed E-state index contributed by atoms with van der Waals surface area (Å²) in [6.45, 7) is 7.69. The molecule has 0 spiro atoms. The summed E-state index contributed by atoms with van der Waals surface area (Å²) in [6, 6.07) is 0. The van der Waals surface area contributed by atoms with Crippen LogP contribution in [0.5, 0.6) is 0 Å². The number of nitrogens with zero attached hydrogens (tertiary/aromatic N) is 3. The van der Waals surface area contributed by atoms with Crippen LogP contribution in [0.2, 0.25) is 0 Å². The van der Waals surface area contributed by atoms with Crippen LogP contribution in [0.3, 0.4) is 0 Å². The van der Waals surface area contributed by atoms with Gasteiger partial charge in [-0.2, -0.15) is 0 Å². The molecule has 0 radical (unpaired) electrons. The minimum absolute atomic E-state index is 0.324. The van der Waals surface area contributed by atoms with Gasteiger partial charge in [-0.05, 0) is 32.9 Å². The summed E-state index contributed by atoms with van der Waals surface area (Å²) in [6.07, 6.45) is 2.32. The molecule has 2 fully saturated rings. The van der Waals surface area contributed by atoms with Crippen LogP contribution >= 0.6 is 0 Å². The Bertz CT molecular complexity index is 281. The molecule has 1 N–H and O–H groups in total. The number of hydrogen-bond donors (Lipinski definition) is 1. The number of piperidine rings is 1. The van der Waals surface area contributed by atoms with Gasteiger partial charge in [-0.3, -0.25) is 9.69 Å². The van der Waals surface area contributed by atoms with E-state index >= 15 is 0 Å². The second kappa shape index (κ2) is 7.22. The molecule has 5 nitrogen and oxygen atoms in total. The number of piperazine rings is 1. The molecule has 19 heavy (non-hydrogen) atoms. The maximum atomic E-state index is 12.2. The van der Waals surface area contributed by atoms with Crippen molar-refractivity contribution in [3.63, 3.8) is 0 Å². The van der Waals surface area contributed by atoms with Crippen molar-refractivity contribution in [1.82, 2.24) is 20.0 Å². The first kappa shape index (κ1) is 14.8. The summed E-state index contributed by atoms with van der Waals surface area (Å²) < 4.78 is 0. The third-order valence-electron chi connectivity index (χ3n) is 4.16. The summed E-state index contributed by atoms with van der Waals surface area (Å²) in [7, 11) is 4.25. The van der Waals surface area contributed by atoms with Gasteiger partial charge in [0, 0.05) is 45.8 Å². The Morgan fingerprint density at radius 3 is 2.37 bits per heavy atom. The SMILES string of the molecule is CN(C)CC1CCN(C(=O)CN2CCNCC2)CC1. The number of carbonyl (C=O) groups excluding carboxylic acids is 1. The van der Waals surface area contributed by atoms with Crippen LogP contribution in [0.25, 0.3) is 0 Å². The van der Waals surface area contributed by atoms with Crippen LogP contribution in [0, 0.1) is 5.92 Å². The largest absolute Gasteiger partial charge is 0.342 e. The maximum absolute atomic E-state index is 12.2. The minimum Gasteiger partial charge on any atom is -0.342 e. The van der Waals surface area contributed by atoms with E-state index in [1.807, 2.05) is 0 Å². The zero-order valence-corrected chi connectivity index (χ0v) is 12.4. The molecular weight excluding hydrogens is 240 g/mol. The first-order valence-corrected chi connectivity index (χ1v) is 7.50. The van der Waals surface area contributed by atoms with Gasteiger partial charge >= 0.3 is 0 Å². The highest BCUT2D eigenvalue weighted by atomic mass is 16.2. The Kier molecular flexibility index (Phi) is 5.60. The van der Waals surface area contributed by atoms with Gasteiger partial charge in [0.15, 0.2) is 0 Å². The van der Waals surface area contributed by atoms with Gasteiger partial charge in [-0.25, -0.2) is 0 Å². The molecule has 1 amide bonds. The van der Waals surface area contributed by atoms with Gasteiger partial charge in [0.2, 0.25) is 5.91 Å². The average molecular weight is 268 g/mol. The first-order valence-electron chi connectivity index (χ1n) is 7.50. The quantitative estimate of drug-likeness (QED) is 0.759. The Morgan fingerprint density at radius 2 is 1.79 bits per heavy atom. The van der Waals surface area contributed by atoms with Crippen LogP contribution in [0.4, 0.5) is 0 Å². The molecule has 0 unspecified atom stereocenters. The highest BCUT2D eigenvalue weighted by Gasteiger charge is 2.24. The van der Waals surface area contributed by atoms with Crippen LogP contribution in [-0.4, -0.2) is 87.1 Å². The fraction of sp³-hybridized carbons (Fsp3) is 0.929. The van der Waals surface area contributed by atoms with Crippen LogP contribution < -0.4 is 5.32 Å². The molecule has 0 aromatic rings. The molecule has 2 saturated heterocycles. The maximum Gasteiger partial charge on any atom is 0.236 e. The zero-order valence-electron chi connectivity index (χ0n) is 12.4. The smallest absolute Gasteiger partial charge is 0.236 e. The number of nitrogens with one attached hydrogen (secondary N) is 1. The standard InChI is InChI=1S/C14H28N4O/c1-16(2)11-13-3-7-18(8-4-13)14(19)12-17-9-5-15-6-10-17/h13,15H,3-12H2,1-2H3. The number of amides is 1. The third-order valence-corrected chi connectivity index (χ3v) is 4.16. The summed E-state index contributed by atoms with van der Waals surface area (Å²) >= 11 is 0.